The molecule has 1 aromatic heterocycles. The van der Waals surface area contributed by atoms with Crippen LogP contribution in [0.3, 0.4) is 0 Å². The molecule has 0 atom stereocenters. The van der Waals surface area contributed by atoms with Gasteiger partial charge in [0.2, 0.25) is 5.75 Å². The number of phenolic OH excluding ortho intramolecular Hbond substituents is 1. The number of rotatable bonds is 5. The fraction of sp³-hybridized carbons (Fsp3) is 0.158. The van der Waals surface area contributed by atoms with Gasteiger partial charge in [-0.05, 0) is 36.8 Å². The summed E-state index contributed by atoms with van der Waals surface area (Å²) in [5.41, 5.74) is 1.75. The van der Waals surface area contributed by atoms with Gasteiger partial charge < -0.3 is 14.4 Å². The van der Waals surface area contributed by atoms with Gasteiger partial charge in [0.15, 0.2) is 11.6 Å². The summed E-state index contributed by atoms with van der Waals surface area (Å²) >= 11 is 0. The lowest BCUT2D eigenvalue weighted by Crippen LogP contribution is -2.00. The van der Waals surface area contributed by atoms with Gasteiger partial charge in [-0.2, -0.15) is 5.26 Å². The number of nitrogens with zero attached hydrogens (tertiary/aromatic N) is 4. The largest absolute Gasteiger partial charge is 0.500 e. The Balaban J connectivity index is 2.20. The number of aromatic nitrogens is 2. The molecule has 3 aromatic rings. The van der Waals surface area contributed by atoms with E-state index in [1.54, 1.807) is 0 Å². The first-order chi connectivity index (χ1) is 13.0. The van der Waals surface area contributed by atoms with Crippen LogP contribution in [0.2, 0.25) is 0 Å². The minimum atomic E-state index is -0.706. The highest BCUT2D eigenvalue weighted by molar-refractivity contribution is 5.91. The Morgan fingerprint density at radius 2 is 2.19 bits per heavy atom. The van der Waals surface area contributed by atoms with E-state index in [0.29, 0.717) is 17.9 Å². The Morgan fingerprint density at radius 1 is 1.44 bits per heavy atom. The average molecular weight is 364 g/mol. The highest BCUT2D eigenvalue weighted by Crippen LogP contribution is 2.38. The molecule has 2 aromatic carbocycles. The van der Waals surface area contributed by atoms with Crippen molar-refractivity contribution in [2.45, 2.75) is 13.5 Å². The minimum Gasteiger partial charge on any atom is -0.500 e. The number of hydrogen-bond donors (Lipinski definition) is 1. The van der Waals surface area contributed by atoms with Crippen LogP contribution >= 0.6 is 0 Å². The van der Waals surface area contributed by atoms with Crippen molar-refractivity contribution in [3.8, 4) is 17.6 Å². The van der Waals surface area contributed by atoms with Gasteiger partial charge in [0.25, 0.3) is 0 Å². The molecule has 0 unspecified atom stereocenters. The molecule has 1 heterocycles. The second kappa shape index (κ2) is 7.17. The van der Waals surface area contributed by atoms with Crippen molar-refractivity contribution < 1.29 is 14.8 Å². The number of imidazole rings is 1. The molecule has 0 saturated carbocycles. The van der Waals surface area contributed by atoms with Crippen molar-refractivity contribution in [2.24, 2.45) is 0 Å². The summed E-state index contributed by atoms with van der Waals surface area (Å²) in [4.78, 5) is 15.0. The van der Waals surface area contributed by atoms with Crippen molar-refractivity contribution in [2.75, 3.05) is 7.11 Å². The van der Waals surface area contributed by atoms with Crippen LogP contribution in [0.15, 0.2) is 36.4 Å². The molecule has 0 aliphatic rings. The Morgan fingerprint density at radius 3 is 2.81 bits per heavy atom. The number of para-hydroxylation sites is 2. The molecule has 8 heteroatoms. The van der Waals surface area contributed by atoms with Crippen molar-refractivity contribution in [3.63, 3.8) is 0 Å². The lowest BCUT2D eigenvalue weighted by molar-refractivity contribution is -0.386. The highest BCUT2D eigenvalue weighted by atomic mass is 16.6. The van der Waals surface area contributed by atoms with Crippen molar-refractivity contribution in [1.29, 1.82) is 5.26 Å². The van der Waals surface area contributed by atoms with Crippen LogP contribution in [0.1, 0.15) is 18.3 Å². The number of aryl methyl sites for hydroxylation is 1. The van der Waals surface area contributed by atoms with E-state index in [2.05, 4.69) is 11.1 Å². The molecule has 8 nitrogen and oxygen atoms in total. The van der Waals surface area contributed by atoms with E-state index >= 15 is 0 Å². The van der Waals surface area contributed by atoms with E-state index in [9.17, 15) is 20.5 Å². The molecule has 136 valence electrons. The maximum Gasteiger partial charge on any atom is 0.315 e. The normalized spacial score (nSPS) is 11.4. The third-order valence-electron chi connectivity index (χ3n) is 4.14. The van der Waals surface area contributed by atoms with Gasteiger partial charge >= 0.3 is 5.69 Å². The number of hydrogen-bond acceptors (Lipinski definition) is 6. The fourth-order valence-electron chi connectivity index (χ4n) is 2.91. The van der Waals surface area contributed by atoms with E-state index in [1.807, 2.05) is 35.8 Å². The number of methoxy groups -OCH3 is 1. The van der Waals surface area contributed by atoms with Gasteiger partial charge in [-0.15, -0.1) is 0 Å². The van der Waals surface area contributed by atoms with E-state index in [0.717, 1.165) is 11.0 Å². The highest BCUT2D eigenvalue weighted by Gasteiger charge is 2.20. The molecule has 0 aliphatic carbocycles. The zero-order valence-corrected chi connectivity index (χ0v) is 14.7. The quantitative estimate of drug-likeness (QED) is 0.419. The van der Waals surface area contributed by atoms with Crippen molar-refractivity contribution >= 4 is 28.4 Å². The lowest BCUT2D eigenvalue weighted by Gasteiger charge is -2.07. The number of nitro groups is 1. The van der Waals surface area contributed by atoms with Crippen LogP contribution in [-0.2, 0) is 6.54 Å². The molecule has 0 aliphatic heterocycles. The van der Waals surface area contributed by atoms with Crippen LogP contribution in [-0.4, -0.2) is 26.7 Å². The van der Waals surface area contributed by atoms with Gasteiger partial charge in [0, 0.05) is 12.6 Å². The molecule has 0 bridgehead atoms. The Bertz CT molecular complexity index is 1110. The minimum absolute atomic E-state index is 0.0447. The SMILES string of the molecule is CCn1c(C(C#N)=Cc2cc(OC)c(O)c([N+](=O)[O-])c2)nc2ccccc21. The second-order valence-electron chi connectivity index (χ2n) is 5.69. The number of nitro benzene ring substituents is 1. The van der Waals surface area contributed by atoms with E-state index in [1.165, 1.54) is 25.3 Å². The molecular weight excluding hydrogens is 348 g/mol. The predicted octanol–water partition coefficient (Wildman–Crippen LogP) is 3.74. The Labute approximate surface area is 154 Å². The van der Waals surface area contributed by atoms with Crippen LogP contribution in [0.4, 0.5) is 5.69 Å². The average Bonchev–Trinajstić information content (AvgIpc) is 3.05. The standard InChI is InChI=1S/C19H16N4O4/c1-3-22-15-7-5-4-6-14(15)21-19(22)13(11-20)8-12-9-16(23(25)26)18(24)17(10-12)27-2/h4-10,24H,3H2,1-2H3. The molecule has 0 saturated heterocycles. The van der Waals surface area contributed by atoms with Crippen LogP contribution < -0.4 is 4.74 Å². The van der Waals surface area contributed by atoms with Crippen LogP contribution in [0.5, 0.6) is 11.5 Å². The molecule has 0 radical (unpaired) electrons. The number of aromatic hydroxyl groups is 1. The summed E-state index contributed by atoms with van der Waals surface area (Å²) in [6.45, 7) is 2.55. The molecule has 0 amide bonds. The molecule has 3 rings (SSSR count). The number of allylic oxidation sites excluding steroid dienone is 1. The third kappa shape index (κ3) is 3.18. The summed E-state index contributed by atoms with van der Waals surface area (Å²) in [6, 6.07) is 12.3. The first-order valence-electron chi connectivity index (χ1n) is 8.13. The van der Waals surface area contributed by atoms with Crippen molar-refractivity contribution in [3.05, 3.63) is 57.9 Å². The predicted molar refractivity (Wildman–Crippen MR) is 100 cm³/mol. The number of benzene rings is 2. The summed E-state index contributed by atoms with van der Waals surface area (Å²) < 4.78 is 6.90. The van der Waals surface area contributed by atoms with Gasteiger partial charge in [0.05, 0.1) is 28.6 Å². The van der Waals surface area contributed by atoms with Crippen molar-refractivity contribution in [1.82, 2.24) is 9.55 Å². The molecule has 27 heavy (non-hydrogen) atoms. The number of nitriles is 1. The van der Waals surface area contributed by atoms with Crippen LogP contribution in [0.25, 0.3) is 22.7 Å². The number of fused-ring (bicyclic) bond motifs is 1. The summed E-state index contributed by atoms with van der Waals surface area (Å²) in [7, 11) is 1.30. The maximum atomic E-state index is 11.2. The zero-order valence-electron chi connectivity index (χ0n) is 14.7. The number of ether oxygens (including phenoxy) is 1. The third-order valence-corrected chi connectivity index (χ3v) is 4.14. The Hall–Kier alpha value is -3.86. The lowest BCUT2D eigenvalue weighted by atomic mass is 10.1. The summed E-state index contributed by atoms with van der Waals surface area (Å²) in [6.07, 6.45) is 1.49. The van der Waals surface area contributed by atoms with Gasteiger partial charge in [-0.25, -0.2) is 4.98 Å². The molecule has 0 fully saturated rings. The van der Waals surface area contributed by atoms with Gasteiger partial charge in [0.1, 0.15) is 6.07 Å². The zero-order chi connectivity index (χ0) is 19.6. The fourth-order valence-corrected chi connectivity index (χ4v) is 2.91. The monoisotopic (exact) mass is 364 g/mol. The molecule has 0 spiro atoms. The van der Waals surface area contributed by atoms with Crippen LogP contribution in [0, 0.1) is 21.4 Å². The Kier molecular flexibility index (Phi) is 4.77. The van der Waals surface area contributed by atoms with E-state index in [-0.39, 0.29) is 11.3 Å². The first-order valence-corrected chi connectivity index (χ1v) is 8.13. The van der Waals surface area contributed by atoms with Gasteiger partial charge in [-0.3, -0.25) is 10.1 Å². The topological polar surface area (TPSA) is 114 Å². The smallest absolute Gasteiger partial charge is 0.315 e. The summed E-state index contributed by atoms with van der Waals surface area (Å²) in [5.74, 6) is -0.133. The first kappa shape index (κ1) is 17.9. The number of phenols is 1. The van der Waals surface area contributed by atoms with E-state index < -0.39 is 16.4 Å². The molecular formula is C19H16N4O4. The van der Waals surface area contributed by atoms with Gasteiger partial charge in [-0.1, -0.05) is 12.1 Å². The second-order valence-corrected chi connectivity index (χ2v) is 5.69. The maximum absolute atomic E-state index is 11.2. The summed E-state index contributed by atoms with van der Waals surface area (Å²) in [5, 5.41) is 30.7. The molecule has 1 N–H and O–H groups in total. The van der Waals surface area contributed by atoms with E-state index in [4.69, 9.17) is 4.74 Å².